The molecule has 1 aliphatic carbocycles. The zero-order chi connectivity index (χ0) is 23.0. The van der Waals surface area contributed by atoms with Crippen LogP contribution in [0.1, 0.15) is 88.3 Å². The van der Waals surface area contributed by atoms with E-state index in [4.69, 9.17) is 9.84 Å². The van der Waals surface area contributed by atoms with Crippen molar-refractivity contribution in [2.75, 3.05) is 7.11 Å². The molecule has 6 nitrogen and oxygen atoms in total. The van der Waals surface area contributed by atoms with Crippen molar-refractivity contribution >= 4 is 17.8 Å². The maximum absolute atomic E-state index is 12.8. The highest BCUT2D eigenvalue weighted by Gasteiger charge is 2.40. The molecule has 0 radical (unpaired) electrons. The Bertz CT molecular complexity index is 1030. The summed E-state index contributed by atoms with van der Waals surface area (Å²) in [5.41, 5.74) is 3.58. The Balaban J connectivity index is 1.95. The van der Waals surface area contributed by atoms with Gasteiger partial charge in [0.15, 0.2) is 0 Å². The first-order valence-electron chi connectivity index (χ1n) is 10.3. The topological polar surface area (TPSA) is 92.7 Å². The predicted molar refractivity (Wildman–Crippen MR) is 118 cm³/mol. The second kappa shape index (κ2) is 8.17. The van der Waals surface area contributed by atoms with Crippen LogP contribution in [-0.4, -0.2) is 30.1 Å². The molecule has 6 heteroatoms. The highest BCUT2D eigenvalue weighted by molar-refractivity contribution is 5.97. The molecule has 1 amide bonds. The Morgan fingerprint density at radius 3 is 2.10 bits per heavy atom. The molecule has 0 atom stereocenters. The van der Waals surface area contributed by atoms with E-state index in [1.807, 2.05) is 6.07 Å². The number of amides is 1. The predicted octanol–water partition coefficient (Wildman–Crippen LogP) is 4.45. The third kappa shape index (κ3) is 4.33. The van der Waals surface area contributed by atoms with Gasteiger partial charge in [-0.1, -0.05) is 39.8 Å². The summed E-state index contributed by atoms with van der Waals surface area (Å²) in [6.45, 7) is 8.81. The van der Waals surface area contributed by atoms with Crippen LogP contribution in [0, 0.1) is 0 Å². The van der Waals surface area contributed by atoms with Gasteiger partial charge in [0.25, 0.3) is 5.91 Å². The Labute approximate surface area is 182 Å². The first-order chi connectivity index (χ1) is 14.5. The fourth-order valence-electron chi connectivity index (χ4n) is 4.32. The molecule has 0 heterocycles. The Morgan fingerprint density at radius 1 is 0.935 bits per heavy atom. The molecule has 0 saturated heterocycles. The van der Waals surface area contributed by atoms with Crippen molar-refractivity contribution in [1.29, 1.82) is 0 Å². The minimum absolute atomic E-state index is 0.0543. The van der Waals surface area contributed by atoms with Crippen LogP contribution in [0.3, 0.4) is 0 Å². The van der Waals surface area contributed by atoms with Gasteiger partial charge in [0.05, 0.1) is 18.2 Å². The van der Waals surface area contributed by atoms with E-state index in [0.29, 0.717) is 16.7 Å². The highest BCUT2D eigenvalue weighted by atomic mass is 16.5. The van der Waals surface area contributed by atoms with E-state index in [9.17, 15) is 14.4 Å². The Morgan fingerprint density at radius 2 is 1.52 bits per heavy atom. The van der Waals surface area contributed by atoms with Gasteiger partial charge in [-0.2, -0.15) is 0 Å². The van der Waals surface area contributed by atoms with Gasteiger partial charge in [-0.15, -0.1) is 0 Å². The fraction of sp³-hybridized carbons (Fsp3) is 0.400. The van der Waals surface area contributed by atoms with Crippen molar-refractivity contribution in [2.45, 2.75) is 57.9 Å². The third-order valence-electron chi connectivity index (χ3n) is 6.30. The number of nitrogens with one attached hydrogen (secondary N) is 1. The molecular weight excluding hydrogens is 394 g/mol. The molecular formula is C25H29NO5. The van der Waals surface area contributed by atoms with Gasteiger partial charge >= 0.3 is 11.9 Å². The van der Waals surface area contributed by atoms with E-state index in [1.54, 1.807) is 0 Å². The summed E-state index contributed by atoms with van der Waals surface area (Å²) in [5, 5.41) is 11.8. The number of esters is 1. The minimum Gasteiger partial charge on any atom is -0.478 e. The van der Waals surface area contributed by atoms with E-state index in [-0.39, 0.29) is 28.8 Å². The van der Waals surface area contributed by atoms with Crippen LogP contribution in [0.25, 0.3) is 0 Å². The lowest BCUT2D eigenvalue weighted by Gasteiger charge is -2.43. The van der Waals surface area contributed by atoms with E-state index < -0.39 is 11.9 Å². The molecule has 0 aromatic heterocycles. The lowest BCUT2D eigenvalue weighted by atomic mass is 9.61. The molecule has 0 saturated carbocycles. The summed E-state index contributed by atoms with van der Waals surface area (Å²) in [5.74, 6) is -1.79. The van der Waals surface area contributed by atoms with Crippen LogP contribution in [-0.2, 0) is 22.1 Å². The van der Waals surface area contributed by atoms with Crippen molar-refractivity contribution in [3.05, 3.63) is 69.8 Å². The van der Waals surface area contributed by atoms with Crippen molar-refractivity contribution in [3.8, 4) is 0 Å². The number of rotatable bonds is 5. The van der Waals surface area contributed by atoms with Crippen LogP contribution in [0.15, 0.2) is 36.4 Å². The summed E-state index contributed by atoms with van der Waals surface area (Å²) in [7, 11) is 1.37. The average Bonchev–Trinajstić information content (AvgIpc) is 2.74. The number of ether oxygens (including phenoxy) is 1. The highest BCUT2D eigenvalue weighted by Crippen LogP contribution is 2.47. The van der Waals surface area contributed by atoms with Gasteiger partial charge in [0, 0.05) is 12.1 Å². The lowest BCUT2D eigenvalue weighted by Crippen LogP contribution is -2.37. The normalized spacial score (nSPS) is 16.2. The zero-order valence-electron chi connectivity index (χ0n) is 18.7. The second-order valence-electron chi connectivity index (χ2n) is 9.35. The largest absolute Gasteiger partial charge is 0.478 e. The summed E-state index contributed by atoms with van der Waals surface area (Å²) in [6, 6.07) is 9.67. The Kier molecular flexibility index (Phi) is 5.94. The number of carboxylic acids is 1. The number of benzene rings is 2. The van der Waals surface area contributed by atoms with Gasteiger partial charge in [0.1, 0.15) is 0 Å². The Hall–Kier alpha value is -3.15. The van der Waals surface area contributed by atoms with Crippen LogP contribution in [0.5, 0.6) is 0 Å². The van der Waals surface area contributed by atoms with E-state index in [2.05, 4.69) is 39.1 Å². The summed E-state index contributed by atoms with van der Waals surface area (Å²) in [4.78, 5) is 36.4. The van der Waals surface area contributed by atoms with Gasteiger partial charge in [-0.3, -0.25) is 4.79 Å². The molecule has 0 aliphatic heterocycles. The average molecular weight is 424 g/mol. The SMILES string of the molecule is COC(=O)c1c(CNC(=O)c2ccc(C(=O)O)cc2)ccc2c1C(C)(C)CCC2(C)C. The molecule has 3 rings (SSSR count). The molecule has 0 fully saturated rings. The number of hydrogen-bond acceptors (Lipinski definition) is 4. The van der Waals surface area contributed by atoms with Gasteiger partial charge < -0.3 is 15.2 Å². The zero-order valence-corrected chi connectivity index (χ0v) is 18.7. The van der Waals surface area contributed by atoms with Crippen LogP contribution in [0.4, 0.5) is 0 Å². The standard InChI is InChI=1S/C25H29NO5/c1-24(2)12-13-25(3,4)20-18(24)11-10-17(19(20)23(30)31-5)14-26-21(27)15-6-8-16(9-7-15)22(28)29/h6-11H,12-14H2,1-5H3,(H,26,27)(H,28,29). The number of carbonyl (C=O) groups excluding carboxylic acids is 2. The van der Waals surface area contributed by atoms with E-state index >= 15 is 0 Å². The number of fused-ring (bicyclic) bond motifs is 1. The van der Waals surface area contributed by atoms with Crippen LogP contribution < -0.4 is 5.32 Å². The molecule has 164 valence electrons. The maximum Gasteiger partial charge on any atom is 0.338 e. The van der Waals surface area contributed by atoms with Gasteiger partial charge in [-0.25, -0.2) is 9.59 Å². The summed E-state index contributed by atoms with van der Waals surface area (Å²) < 4.78 is 5.12. The first kappa shape index (κ1) is 22.5. The first-order valence-corrected chi connectivity index (χ1v) is 10.3. The molecule has 0 bridgehead atoms. The van der Waals surface area contributed by atoms with Crippen LogP contribution in [0.2, 0.25) is 0 Å². The van der Waals surface area contributed by atoms with Gasteiger partial charge in [0.2, 0.25) is 0 Å². The van der Waals surface area contributed by atoms with Gasteiger partial charge in [-0.05, 0) is 64.6 Å². The molecule has 0 spiro atoms. The van der Waals surface area contributed by atoms with Crippen molar-refractivity contribution < 1.29 is 24.2 Å². The number of carbonyl (C=O) groups is 3. The minimum atomic E-state index is -1.05. The molecule has 2 N–H and O–H groups in total. The second-order valence-corrected chi connectivity index (χ2v) is 9.35. The van der Waals surface area contributed by atoms with E-state index in [1.165, 1.54) is 31.4 Å². The van der Waals surface area contributed by atoms with Crippen molar-refractivity contribution in [1.82, 2.24) is 5.32 Å². The van der Waals surface area contributed by atoms with Crippen molar-refractivity contribution in [2.24, 2.45) is 0 Å². The molecule has 0 unspecified atom stereocenters. The molecule has 1 aliphatic rings. The summed E-state index contributed by atoms with van der Waals surface area (Å²) in [6.07, 6.45) is 1.97. The quantitative estimate of drug-likeness (QED) is 0.693. The smallest absolute Gasteiger partial charge is 0.338 e. The number of carboxylic acid groups (broad SMARTS) is 1. The number of aromatic carboxylic acids is 1. The lowest BCUT2D eigenvalue weighted by molar-refractivity contribution is 0.0593. The molecule has 31 heavy (non-hydrogen) atoms. The van der Waals surface area contributed by atoms with E-state index in [0.717, 1.165) is 24.0 Å². The molecule has 2 aromatic carbocycles. The number of hydrogen-bond donors (Lipinski definition) is 2. The molecule has 2 aromatic rings. The van der Waals surface area contributed by atoms with Crippen LogP contribution >= 0.6 is 0 Å². The number of methoxy groups -OCH3 is 1. The summed E-state index contributed by atoms with van der Waals surface area (Å²) >= 11 is 0. The third-order valence-corrected chi connectivity index (χ3v) is 6.30. The maximum atomic E-state index is 12.8. The monoisotopic (exact) mass is 423 g/mol. The van der Waals surface area contributed by atoms with Crippen molar-refractivity contribution in [3.63, 3.8) is 0 Å². The fourth-order valence-corrected chi connectivity index (χ4v) is 4.32.